The first-order valence-electron chi connectivity index (χ1n) is 13.2. The number of aromatic nitrogens is 5. The Balaban J connectivity index is 1.15. The van der Waals surface area contributed by atoms with Crippen LogP contribution in [0.3, 0.4) is 0 Å². The number of piperazine rings is 1. The van der Waals surface area contributed by atoms with E-state index in [9.17, 15) is 4.79 Å². The van der Waals surface area contributed by atoms with E-state index >= 15 is 4.39 Å². The second-order valence-electron chi connectivity index (χ2n) is 9.74. The van der Waals surface area contributed by atoms with Crippen LogP contribution in [0.25, 0.3) is 16.9 Å². The Morgan fingerprint density at radius 1 is 0.976 bits per heavy atom. The number of urea groups is 1. The lowest BCUT2D eigenvalue weighted by Gasteiger charge is -2.32. The second-order valence-corrected chi connectivity index (χ2v) is 9.74. The maximum atomic E-state index is 15.0. The van der Waals surface area contributed by atoms with Crippen LogP contribution in [-0.2, 0) is 0 Å². The molecule has 0 spiro atoms. The number of para-hydroxylation sites is 1. The van der Waals surface area contributed by atoms with Crippen LogP contribution in [0.2, 0.25) is 0 Å². The lowest BCUT2D eigenvalue weighted by atomic mass is 10.3. The van der Waals surface area contributed by atoms with Crippen LogP contribution < -0.4 is 20.3 Å². The molecule has 1 aliphatic heterocycles. The minimum absolute atomic E-state index is 0.00598. The number of halogens is 1. The first kappa shape index (κ1) is 26.1. The number of pyridine rings is 1. The molecule has 2 amide bonds. The molecule has 0 unspecified atom stereocenters. The van der Waals surface area contributed by atoms with Gasteiger partial charge in [-0.2, -0.15) is 5.10 Å². The zero-order valence-corrected chi connectivity index (χ0v) is 22.6. The van der Waals surface area contributed by atoms with Crippen molar-refractivity contribution in [2.45, 2.75) is 6.92 Å². The van der Waals surface area contributed by atoms with E-state index in [-0.39, 0.29) is 11.4 Å². The highest BCUT2D eigenvalue weighted by molar-refractivity contribution is 5.99. The number of ether oxygens (including phenoxy) is 1. The molecular weight excluding hydrogens is 525 g/mol. The maximum Gasteiger partial charge on any atom is 0.324 e. The fourth-order valence-corrected chi connectivity index (χ4v) is 4.57. The average Bonchev–Trinajstić information content (AvgIpc) is 3.34. The third kappa shape index (κ3) is 5.77. The molecule has 4 heterocycles. The van der Waals surface area contributed by atoms with Crippen molar-refractivity contribution in [1.29, 1.82) is 0 Å². The summed E-state index contributed by atoms with van der Waals surface area (Å²) >= 11 is 0. The number of carbonyl (C=O) groups excluding carboxylic acids is 1. The average molecular weight is 554 g/mol. The van der Waals surface area contributed by atoms with Crippen molar-refractivity contribution in [1.82, 2.24) is 29.6 Å². The van der Waals surface area contributed by atoms with Crippen molar-refractivity contribution in [2.24, 2.45) is 0 Å². The first-order valence-corrected chi connectivity index (χ1v) is 13.2. The van der Waals surface area contributed by atoms with Crippen molar-refractivity contribution in [3.8, 4) is 17.2 Å². The highest BCUT2D eigenvalue weighted by Gasteiger charge is 2.18. The predicted octanol–water partition coefficient (Wildman–Crippen LogP) is 4.85. The molecule has 0 atom stereocenters. The molecule has 0 saturated carbocycles. The Kier molecular flexibility index (Phi) is 7.13. The summed E-state index contributed by atoms with van der Waals surface area (Å²) in [4.78, 5) is 30.7. The lowest BCUT2D eigenvalue weighted by Crippen LogP contribution is -2.44. The molecule has 0 radical (unpaired) electrons. The number of anilines is 3. The molecule has 208 valence electrons. The number of aryl methyl sites for hydroxylation is 1. The van der Waals surface area contributed by atoms with Crippen LogP contribution in [0, 0.1) is 12.7 Å². The van der Waals surface area contributed by atoms with Gasteiger partial charge in [0.05, 0.1) is 23.3 Å². The number of carbonyl (C=O) groups is 1. The number of nitrogens with one attached hydrogen (secondary N) is 2. The van der Waals surface area contributed by atoms with Gasteiger partial charge in [0.2, 0.25) is 0 Å². The predicted molar refractivity (Wildman–Crippen MR) is 154 cm³/mol. The van der Waals surface area contributed by atoms with Crippen LogP contribution in [0.4, 0.5) is 26.5 Å². The number of fused-ring (bicyclic) bond motifs is 1. The van der Waals surface area contributed by atoms with Crippen molar-refractivity contribution < 1.29 is 13.9 Å². The molecule has 41 heavy (non-hydrogen) atoms. The molecule has 5 aromatic rings. The standard InChI is InChI=1S/C29H28FN9O2/c1-19-16-25(39(36-19)20-6-4-3-5-7-20)35-29(40)33-23-9-8-21(17-22(23)30)41-24-10-11-31-28-27(24)32-18-26(34-28)38-14-12-37(2)13-15-38/h3-11,16-18H,12-15H2,1-2H3,(H2,33,35,40). The number of likely N-dealkylation sites (N-methyl/N-ethyl adjacent to an activating group) is 1. The summed E-state index contributed by atoms with van der Waals surface area (Å²) in [7, 11) is 2.10. The summed E-state index contributed by atoms with van der Waals surface area (Å²) in [6.07, 6.45) is 3.29. The van der Waals surface area contributed by atoms with E-state index in [0.29, 0.717) is 22.7 Å². The summed E-state index contributed by atoms with van der Waals surface area (Å²) in [6, 6.07) is 16.4. The quantitative estimate of drug-likeness (QED) is 0.307. The van der Waals surface area contributed by atoms with Gasteiger partial charge in [-0.05, 0) is 38.2 Å². The number of amides is 2. The van der Waals surface area contributed by atoms with E-state index in [1.165, 1.54) is 12.1 Å². The smallest absolute Gasteiger partial charge is 0.324 e. The monoisotopic (exact) mass is 553 g/mol. The van der Waals surface area contributed by atoms with Gasteiger partial charge in [-0.3, -0.25) is 5.32 Å². The van der Waals surface area contributed by atoms with Crippen molar-refractivity contribution in [2.75, 3.05) is 48.8 Å². The Morgan fingerprint density at radius 3 is 2.56 bits per heavy atom. The van der Waals surface area contributed by atoms with E-state index in [2.05, 4.69) is 47.5 Å². The summed E-state index contributed by atoms with van der Waals surface area (Å²) < 4.78 is 22.6. The number of hydrogen-bond acceptors (Lipinski definition) is 8. The molecular formula is C29H28FN9O2. The largest absolute Gasteiger partial charge is 0.455 e. The number of hydrogen-bond donors (Lipinski definition) is 2. The van der Waals surface area contributed by atoms with E-state index < -0.39 is 11.8 Å². The summed E-state index contributed by atoms with van der Waals surface area (Å²) in [5.41, 5.74) is 2.42. The zero-order valence-electron chi connectivity index (χ0n) is 22.6. The van der Waals surface area contributed by atoms with E-state index in [1.807, 2.05) is 37.3 Å². The Morgan fingerprint density at radius 2 is 1.78 bits per heavy atom. The minimum Gasteiger partial charge on any atom is -0.455 e. The molecule has 0 aliphatic carbocycles. The number of benzene rings is 2. The fourth-order valence-electron chi connectivity index (χ4n) is 4.57. The van der Waals surface area contributed by atoms with Crippen LogP contribution in [-0.4, -0.2) is 68.9 Å². The topological polar surface area (TPSA) is 113 Å². The van der Waals surface area contributed by atoms with Crippen LogP contribution in [0.5, 0.6) is 11.5 Å². The van der Waals surface area contributed by atoms with Gasteiger partial charge >= 0.3 is 6.03 Å². The highest BCUT2D eigenvalue weighted by Crippen LogP contribution is 2.30. The molecule has 2 aromatic carbocycles. The molecule has 3 aromatic heterocycles. The Bertz CT molecular complexity index is 1700. The molecule has 1 saturated heterocycles. The van der Waals surface area contributed by atoms with Crippen LogP contribution >= 0.6 is 0 Å². The molecule has 0 bridgehead atoms. The number of nitrogens with zero attached hydrogens (tertiary/aromatic N) is 7. The SMILES string of the molecule is Cc1cc(NC(=O)Nc2ccc(Oc3ccnc4nc(N5CCN(C)CC5)cnc34)cc2F)n(-c2ccccc2)n1. The van der Waals surface area contributed by atoms with Gasteiger partial charge in [0.15, 0.2) is 16.9 Å². The molecule has 6 rings (SSSR count). The van der Waals surface area contributed by atoms with E-state index in [0.717, 1.165) is 43.4 Å². The second kappa shape index (κ2) is 11.2. The van der Waals surface area contributed by atoms with Crippen LogP contribution in [0.1, 0.15) is 5.69 Å². The molecule has 12 heteroatoms. The Hall–Kier alpha value is -5.10. The molecule has 1 fully saturated rings. The van der Waals surface area contributed by atoms with Gasteiger partial charge in [-0.15, -0.1) is 0 Å². The zero-order chi connectivity index (χ0) is 28.3. The molecule has 2 N–H and O–H groups in total. The number of rotatable bonds is 6. The summed E-state index contributed by atoms with van der Waals surface area (Å²) in [6.45, 7) is 5.45. The Labute approximate surface area is 235 Å². The normalized spacial score (nSPS) is 13.8. The fraction of sp³-hybridized carbons (Fsp3) is 0.207. The lowest BCUT2D eigenvalue weighted by molar-refractivity contribution is 0.262. The third-order valence-electron chi connectivity index (χ3n) is 6.72. The summed E-state index contributed by atoms with van der Waals surface area (Å²) in [5, 5.41) is 9.71. The van der Waals surface area contributed by atoms with Crippen molar-refractivity contribution in [3.05, 3.63) is 84.6 Å². The third-order valence-corrected chi connectivity index (χ3v) is 6.72. The minimum atomic E-state index is -0.660. The highest BCUT2D eigenvalue weighted by atomic mass is 19.1. The molecule has 1 aliphatic rings. The first-order chi connectivity index (χ1) is 19.9. The van der Waals surface area contributed by atoms with E-state index in [4.69, 9.17) is 4.74 Å². The van der Waals surface area contributed by atoms with E-state index in [1.54, 1.807) is 35.3 Å². The van der Waals surface area contributed by atoms with Gasteiger partial charge in [0.25, 0.3) is 0 Å². The van der Waals surface area contributed by atoms with Gasteiger partial charge in [0.1, 0.15) is 23.2 Å². The van der Waals surface area contributed by atoms with Crippen molar-refractivity contribution >= 4 is 34.5 Å². The van der Waals surface area contributed by atoms with Gasteiger partial charge in [-0.1, -0.05) is 18.2 Å². The van der Waals surface area contributed by atoms with Gasteiger partial charge in [0, 0.05) is 50.6 Å². The maximum absolute atomic E-state index is 15.0. The molecule has 11 nitrogen and oxygen atoms in total. The van der Waals surface area contributed by atoms with Gasteiger partial charge in [-0.25, -0.2) is 28.8 Å². The van der Waals surface area contributed by atoms with Crippen LogP contribution in [0.15, 0.2) is 73.1 Å². The summed E-state index contributed by atoms with van der Waals surface area (Å²) in [5.74, 6) is 1.19. The van der Waals surface area contributed by atoms with Crippen molar-refractivity contribution in [3.63, 3.8) is 0 Å². The van der Waals surface area contributed by atoms with Gasteiger partial charge < -0.3 is 19.9 Å².